The highest BCUT2D eigenvalue weighted by atomic mass is 32.1. The van der Waals surface area contributed by atoms with Crippen molar-refractivity contribution in [2.24, 2.45) is 9.98 Å². The number of aromatic nitrogens is 4. The number of rotatable bonds is 10. The van der Waals surface area contributed by atoms with Gasteiger partial charge < -0.3 is 4.74 Å². The van der Waals surface area contributed by atoms with E-state index in [1.807, 2.05) is 61.7 Å². The molecule has 9 heteroatoms. The Morgan fingerprint density at radius 3 is 2.58 bits per heavy atom. The normalized spacial score (nSPS) is 11.8. The number of hydrogen-bond acceptors (Lipinski definition) is 8. The third-order valence-corrected chi connectivity index (χ3v) is 6.27. The van der Waals surface area contributed by atoms with Gasteiger partial charge in [0.25, 0.3) is 0 Å². The Morgan fingerprint density at radius 1 is 1.06 bits per heavy atom. The summed E-state index contributed by atoms with van der Waals surface area (Å²) in [6.07, 6.45) is 8.93. The van der Waals surface area contributed by atoms with Gasteiger partial charge in [-0.1, -0.05) is 12.1 Å². The largest absolute Gasteiger partial charge is 0.497 e. The molecule has 0 radical (unpaired) electrons. The second-order valence-corrected chi connectivity index (χ2v) is 8.80. The molecule has 0 aliphatic rings. The lowest BCUT2D eigenvalue weighted by Gasteiger charge is -2.20. The Labute approximate surface area is 214 Å². The number of thiazole rings is 1. The first-order valence-electron chi connectivity index (χ1n) is 11.4. The number of aliphatic imine (C=N–C) groups is 2. The maximum atomic E-state index is 5.26. The van der Waals surface area contributed by atoms with Crippen molar-refractivity contribution in [2.75, 3.05) is 13.7 Å². The van der Waals surface area contributed by atoms with Gasteiger partial charge in [-0.2, -0.15) is 0 Å². The van der Waals surface area contributed by atoms with Gasteiger partial charge in [-0.3, -0.25) is 4.90 Å². The summed E-state index contributed by atoms with van der Waals surface area (Å²) in [6, 6.07) is 15.8. The third kappa shape index (κ3) is 6.74. The molecule has 182 valence electrons. The van der Waals surface area contributed by atoms with Crippen LogP contribution in [0.25, 0.3) is 21.1 Å². The van der Waals surface area contributed by atoms with Crippen molar-refractivity contribution >= 4 is 23.9 Å². The Hall–Kier alpha value is -4.08. The first-order chi connectivity index (χ1) is 17.7. The second-order valence-electron chi connectivity index (χ2n) is 7.77. The minimum Gasteiger partial charge on any atom is -0.497 e. The van der Waals surface area contributed by atoms with Gasteiger partial charge in [-0.05, 0) is 61.7 Å². The topological polar surface area (TPSA) is 88.8 Å². The number of allylic oxidation sites excluding steroid dienone is 1. The zero-order chi connectivity index (χ0) is 25.2. The first-order valence-corrected chi connectivity index (χ1v) is 12.2. The van der Waals surface area contributed by atoms with Gasteiger partial charge in [0.1, 0.15) is 22.4 Å². The molecule has 0 atom stereocenters. The summed E-state index contributed by atoms with van der Waals surface area (Å²) in [5.41, 5.74) is 2.83. The fourth-order valence-electron chi connectivity index (χ4n) is 3.47. The van der Waals surface area contributed by atoms with Crippen LogP contribution in [-0.4, -0.2) is 51.0 Å². The Kier molecular flexibility index (Phi) is 8.74. The number of amidine groups is 1. The van der Waals surface area contributed by atoms with E-state index in [0.29, 0.717) is 31.3 Å². The van der Waals surface area contributed by atoms with E-state index in [4.69, 9.17) is 9.72 Å². The minimum absolute atomic E-state index is 0.483. The van der Waals surface area contributed by atoms with Crippen LogP contribution in [0.4, 0.5) is 0 Å². The van der Waals surface area contributed by atoms with E-state index in [2.05, 4.69) is 36.6 Å². The maximum absolute atomic E-state index is 5.26. The highest BCUT2D eigenvalue weighted by Gasteiger charge is 2.14. The van der Waals surface area contributed by atoms with Gasteiger partial charge in [0.15, 0.2) is 0 Å². The fraction of sp³-hybridized carbons (Fsp3) is 0.185. The van der Waals surface area contributed by atoms with E-state index in [1.54, 1.807) is 43.1 Å². The van der Waals surface area contributed by atoms with E-state index in [9.17, 15) is 0 Å². The Morgan fingerprint density at radius 2 is 1.86 bits per heavy atom. The van der Waals surface area contributed by atoms with Crippen molar-refractivity contribution in [2.45, 2.75) is 20.0 Å². The summed E-state index contributed by atoms with van der Waals surface area (Å²) >= 11 is 1.61. The van der Waals surface area contributed by atoms with Gasteiger partial charge in [-0.15, -0.1) is 11.3 Å². The summed E-state index contributed by atoms with van der Waals surface area (Å²) in [4.78, 5) is 30.0. The van der Waals surface area contributed by atoms with Gasteiger partial charge in [0.05, 0.1) is 36.5 Å². The maximum Gasteiger partial charge on any atom is 0.142 e. The zero-order valence-corrected chi connectivity index (χ0v) is 21.1. The third-order valence-electron chi connectivity index (χ3n) is 5.20. The highest BCUT2D eigenvalue weighted by molar-refractivity contribution is 7.18. The molecule has 0 saturated carbocycles. The second kappa shape index (κ2) is 12.6. The molecule has 0 N–H and O–H groups in total. The van der Waals surface area contributed by atoms with Crippen molar-refractivity contribution < 1.29 is 4.74 Å². The van der Waals surface area contributed by atoms with E-state index in [0.717, 1.165) is 32.6 Å². The van der Waals surface area contributed by atoms with E-state index in [1.165, 1.54) is 0 Å². The van der Waals surface area contributed by atoms with E-state index in [-0.39, 0.29) is 0 Å². The molecule has 0 spiro atoms. The molecule has 3 aromatic heterocycles. The van der Waals surface area contributed by atoms with Gasteiger partial charge in [-0.25, -0.2) is 29.9 Å². The Bertz CT molecular complexity index is 1330. The number of benzene rings is 1. The molecule has 0 bridgehead atoms. The number of methoxy groups -OCH3 is 1. The molecular weight excluding hydrogens is 470 g/mol. The van der Waals surface area contributed by atoms with Crippen molar-refractivity contribution in [1.29, 1.82) is 0 Å². The molecule has 0 aliphatic carbocycles. The lowest BCUT2D eigenvalue weighted by atomic mass is 10.2. The predicted molar refractivity (Wildman–Crippen MR) is 145 cm³/mol. The van der Waals surface area contributed by atoms with Crippen LogP contribution in [-0.2, 0) is 13.1 Å². The first kappa shape index (κ1) is 25.0. The number of ether oxygens (including phenoxy) is 1. The summed E-state index contributed by atoms with van der Waals surface area (Å²) in [6.45, 7) is 7.15. The average Bonchev–Trinajstić information content (AvgIpc) is 3.42. The van der Waals surface area contributed by atoms with Crippen LogP contribution < -0.4 is 4.74 Å². The van der Waals surface area contributed by atoms with E-state index >= 15 is 0 Å². The van der Waals surface area contributed by atoms with Gasteiger partial charge in [0.2, 0.25) is 0 Å². The van der Waals surface area contributed by atoms with Crippen molar-refractivity contribution in [3.63, 3.8) is 0 Å². The molecule has 0 saturated heterocycles. The van der Waals surface area contributed by atoms with Crippen LogP contribution in [0.15, 0.2) is 89.4 Å². The number of nitrogens with zero attached hydrogens (tertiary/aromatic N) is 7. The molecule has 0 fully saturated rings. The molecule has 0 unspecified atom stereocenters. The van der Waals surface area contributed by atoms with Crippen LogP contribution in [0.5, 0.6) is 5.75 Å². The van der Waals surface area contributed by atoms with Crippen LogP contribution >= 0.6 is 11.3 Å². The molecule has 1 aromatic carbocycles. The molecule has 8 nitrogen and oxygen atoms in total. The average molecular weight is 498 g/mol. The molecule has 4 aromatic rings. The predicted octanol–water partition coefficient (Wildman–Crippen LogP) is 5.31. The van der Waals surface area contributed by atoms with Crippen molar-refractivity contribution in [1.82, 2.24) is 24.8 Å². The summed E-state index contributed by atoms with van der Waals surface area (Å²) < 4.78 is 5.26. The minimum atomic E-state index is 0.483. The van der Waals surface area contributed by atoms with Crippen LogP contribution in [0, 0.1) is 0 Å². The SMILES string of the molecule is C=NC(CN(Cc1cccc(-c2ncc(-c3ccc(OC)cc3)s2)n1)Cc1ncccn1)=N/C=C\C. The highest BCUT2D eigenvalue weighted by Crippen LogP contribution is 2.32. The Balaban J connectivity index is 1.55. The van der Waals surface area contributed by atoms with Crippen LogP contribution in [0.2, 0.25) is 0 Å². The molecule has 0 aliphatic heterocycles. The van der Waals surface area contributed by atoms with Gasteiger partial charge in [0, 0.05) is 31.3 Å². The quantitative estimate of drug-likeness (QED) is 0.218. The summed E-state index contributed by atoms with van der Waals surface area (Å²) in [5, 5.41) is 0.865. The van der Waals surface area contributed by atoms with Crippen molar-refractivity contribution in [3.05, 3.63) is 90.9 Å². The van der Waals surface area contributed by atoms with Crippen LogP contribution in [0.1, 0.15) is 18.4 Å². The monoisotopic (exact) mass is 497 g/mol. The molecule has 36 heavy (non-hydrogen) atoms. The summed E-state index contributed by atoms with van der Waals surface area (Å²) in [7, 11) is 1.66. The molecule has 3 heterocycles. The lowest BCUT2D eigenvalue weighted by molar-refractivity contribution is 0.283. The van der Waals surface area contributed by atoms with E-state index < -0.39 is 0 Å². The van der Waals surface area contributed by atoms with Crippen LogP contribution in [0.3, 0.4) is 0 Å². The number of pyridine rings is 1. The van der Waals surface area contributed by atoms with Gasteiger partial charge >= 0.3 is 0 Å². The lowest BCUT2D eigenvalue weighted by Crippen LogP contribution is -2.29. The van der Waals surface area contributed by atoms with Crippen molar-refractivity contribution in [3.8, 4) is 26.9 Å². The standard InChI is InChI=1S/C27H27N7OS/c1-4-13-29-25(28-2)18-34(19-26-30-14-6-15-31-26)17-21-7-5-8-23(33-21)27-32-16-24(36-27)20-9-11-22(35-3)12-10-20/h4-16H,2,17-19H2,1,3H3/b13-4-,29-25?. The molecule has 4 rings (SSSR count). The molecular formula is C27H27N7OS. The number of hydrogen-bond donors (Lipinski definition) is 0. The fourth-order valence-corrected chi connectivity index (χ4v) is 4.36. The molecule has 0 amide bonds. The summed E-state index contributed by atoms with van der Waals surface area (Å²) in [5.74, 6) is 2.16. The zero-order valence-electron chi connectivity index (χ0n) is 20.3. The smallest absolute Gasteiger partial charge is 0.142 e.